The average Bonchev–Trinajstić information content (AvgIpc) is 2.49. The molecule has 1 aromatic carbocycles. The van der Waals surface area contributed by atoms with Gasteiger partial charge < -0.3 is 5.73 Å². The number of anilines is 1. The lowest BCUT2D eigenvalue weighted by molar-refractivity contribution is -0.385. The number of hydrogen-bond acceptors (Lipinski definition) is 6. The molecule has 1 aliphatic rings. The molecule has 2 heterocycles. The predicted molar refractivity (Wildman–Crippen MR) is 77.3 cm³/mol. The number of nitro benzene ring substituents is 1. The number of halogens is 1. The maximum absolute atomic E-state index is 13.8. The molecular formula is C14H14FN5O2. The van der Waals surface area contributed by atoms with Crippen molar-refractivity contribution < 1.29 is 9.31 Å². The Kier molecular flexibility index (Phi) is 3.68. The molecule has 0 saturated carbocycles. The van der Waals surface area contributed by atoms with E-state index in [0.717, 1.165) is 17.3 Å². The Bertz CT molecular complexity index is 737. The van der Waals surface area contributed by atoms with E-state index in [4.69, 9.17) is 5.73 Å². The van der Waals surface area contributed by atoms with Gasteiger partial charge in [-0.3, -0.25) is 15.0 Å². The molecular weight excluding hydrogens is 289 g/mol. The van der Waals surface area contributed by atoms with E-state index >= 15 is 0 Å². The van der Waals surface area contributed by atoms with Gasteiger partial charge in [0.05, 0.1) is 10.6 Å². The fraction of sp³-hybridized carbons (Fsp3) is 0.286. The molecule has 3 rings (SSSR count). The Morgan fingerprint density at radius 1 is 1.45 bits per heavy atom. The summed E-state index contributed by atoms with van der Waals surface area (Å²) in [4.78, 5) is 20.4. The number of nitro groups is 1. The number of benzene rings is 1. The molecule has 0 saturated heterocycles. The molecule has 7 nitrogen and oxygen atoms in total. The summed E-state index contributed by atoms with van der Waals surface area (Å²) in [6.45, 7) is 1.56. The van der Waals surface area contributed by atoms with E-state index < -0.39 is 10.7 Å². The third kappa shape index (κ3) is 2.86. The lowest BCUT2D eigenvalue weighted by Crippen LogP contribution is -2.31. The van der Waals surface area contributed by atoms with Crippen LogP contribution in [0, 0.1) is 15.9 Å². The van der Waals surface area contributed by atoms with Gasteiger partial charge in [-0.2, -0.15) is 0 Å². The second kappa shape index (κ2) is 5.64. The summed E-state index contributed by atoms with van der Waals surface area (Å²) in [6, 6.07) is 3.58. The van der Waals surface area contributed by atoms with Gasteiger partial charge in [0.1, 0.15) is 5.82 Å². The molecule has 22 heavy (non-hydrogen) atoms. The molecule has 0 fully saturated rings. The normalized spacial score (nSPS) is 14.6. The first-order valence-electron chi connectivity index (χ1n) is 6.78. The summed E-state index contributed by atoms with van der Waals surface area (Å²) in [6.07, 6.45) is 2.37. The van der Waals surface area contributed by atoms with Gasteiger partial charge in [-0.05, 0) is 6.07 Å². The van der Waals surface area contributed by atoms with Crippen LogP contribution in [-0.4, -0.2) is 26.3 Å². The second-order valence-corrected chi connectivity index (χ2v) is 5.19. The first-order valence-corrected chi connectivity index (χ1v) is 6.78. The van der Waals surface area contributed by atoms with Crippen LogP contribution in [0.2, 0.25) is 0 Å². The summed E-state index contributed by atoms with van der Waals surface area (Å²) < 4.78 is 13.8. The third-order valence-corrected chi connectivity index (χ3v) is 3.67. The summed E-state index contributed by atoms with van der Waals surface area (Å²) >= 11 is 0. The van der Waals surface area contributed by atoms with Crippen molar-refractivity contribution in [2.75, 3.05) is 12.3 Å². The largest absolute Gasteiger partial charge is 0.368 e. The number of rotatable bonds is 3. The summed E-state index contributed by atoms with van der Waals surface area (Å²) in [7, 11) is 0. The average molecular weight is 303 g/mol. The van der Waals surface area contributed by atoms with Crippen molar-refractivity contribution >= 4 is 11.6 Å². The summed E-state index contributed by atoms with van der Waals surface area (Å²) in [5.74, 6) is -0.193. The Hall–Kier alpha value is -2.61. The van der Waals surface area contributed by atoms with Crippen molar-refractivity contribution in [2.45, 2.75) is 19.5 Å². The van der Waals surface area contributed by atoms with Crippen LogP contribution in [0.15, 0.2) is 24.4 Å². The number of non-ortho nitro benzene ring substituents is 1. The summed E-state index contributed by atoms with van der Waals surface area (Å²) in [5, 5.41) is 10.8. The highest BCUT2D eigenvalue weighted by Crippen LogP contribution is 2.22. The van der Waals surface area contributed by atoms with Crippen molar-refractivity contribution in [3.8, 4) is 0 Å². The first-order chi connectivity index (χ1) is 10.5. The third-order valence-electron chi connectivity index (χ3n) is 3.67. The van der Waals surface area contributed by atoms with Gasteiger partial charge >= 0.3 is 0 Å². The van der Waals surface area contributed by atoms with Crippen LogP contribution in [0.5, 0.6) is 0 Å². The SMILES string of the molecule is Nc1ncc2c(n1)CCN(Cc1cc([N+](=O)[O-])ccc1F)C2. The van der Waals surface area contributed by atoms with Crippen molar-refractivity contribution in [1.29, 1.82) is 0 Å². The molecule has 114 valence electrons. The minimum atomic E-state index is -0.523. The van der Waals surface area contributed by atoms with Crippen LogP contribution in [0.3, 0.4) is 0 Å². The highest BCUT2D eigenvalue weighted by Gasteiger charge is 2.20. The highest BCUT2D eigenvalue weighted by atomic mass is 19.1. The lowest BCUT2D eigenvalue weighted by atomic mass is 10.1. The van der Waals surface area contributed by atoms with E-state index in [0.29, 0.717) is 31.6 Å². The molecule has 2 aromatic rings. The molecule has 0 aliphatic carbocycles. The number of nitrogens with two attached hydrogens (primary N) is 1. The van der Waals surface area contributed by atoms with Crippen molar-refractivity contribution in [3.63, 3.8) is 0 Å². The van der Waals surface area contributed by atoms with Gasteiger partial charge in [0.25, 0.3) is 5.69 Å². The molecule has 1 aliphatic heterocycles. The number of hydrogen-bond donors (Lipinski definition) is 1. The number of nitrogens with zero attached hydrogens (tertiary/aromatic N) is 4. The molecule has 1 aromatic heterocycles. The van der Waals surface area contributed by atoms with Crippen LogP contribution >= 0.6 is 0 Å². The Labute approximate surface area is 125 Å². The molecule has 0 bridgehead atoms. The molecule has 0 radical (unpaired) electrons. The van der Waals surface area contributed by atoms with Crippen molar-refractivity contribution in [1.82, 2.24) is 14.9 Å². The fourth-order valence-electron chi connectivity index (χ4n) is 2.56. The van der Waals surface area contributed by atoms with Gasteiger partial charge in [0, 0.05) is 55.5 Å². The van der Waals surface area contributed by atoms with Crippen molar-refractivity contribution in [2.24, 2.45) is 0 Å². The van der Waals surface area contributed by atoms with Gasteiger partial charge in [-0.25, -0.2) is 14.4 Å². The molecule has 0 spiro atoms. The first kappa shape index (κ1) is 14.3. The lowest BCUT2D eigenvalue weighted by Gasteiger charge is -2.27. The van der Waals surface area contributed by atoms with Crippen LogP contribution in [0.4, 0.5) is 16.0 Å². The number of aromatic nitrogens is 2. The zero-order valence-corrected chi connectivity index (χ0v) is 11.7. The Morgan fingerprint density at radius 3 is 3.05 bits per heavy atom. The monoisotopic (exact) mass is 303 g/mol. The molecule has 8 heteroatoms. The fourth-order valence-corrected chi connectivity index (χ4v) is 2.56. The van der Waals surface area contributed by atoms with E-state index in [1.807, 2.05) is 4.90 Å². The van der Waals surface area contributed by atoms with E-state index in [1.54, 1.807) is 6.20 Å². The van der Waals surface area contributed by atoms with Gasteiger partial charge in [-0.1, -0.05) is 0 Å². The maximum atomic E-state index is 13.8. The highest BCUT2D eigenvalue weighted by molar-refractivity contribution is 5.35. The van der Waals surface area contributed by atoms with Crippen LogP contribution in [0.25, 0.3) is 0 Å². The maximum Gasteiger partial charge on any atom is 0.269 e. The zero-order chi connectivity index (χ0) is 15.7. The second-order valence-electron chi connectivity index (χ2n) is 5.19. The predicted octanol–water partition coefficient (Wildman–Crippen LogP) is 1.66. The van der Waals surface area contributed by atoms with Crippen molar-refractivity contribution in [3.05, 3.63) is 57.1 Å². The van der Waals surface area contributed by atoms with Gasteiger partial charge in [0.15, 0.2) is 0 Å². The minimum absolute atomic E-state index is 0.107. The molecule has 0 unspecified atom stereocenters. The van der Waals surface area contributed by atoms with E-state index in [-0.39, 0.29) is 11.6 Å². The zero-order valence-electron chi connectivity index (χ0n) is 11.7. The van der Waals surface area contributed by atoms with E-state index in [1.165, 1.54) is 12.1 Å². The van der Waals surface area contributed by atoms with Crippen LogP contribution in [-0.2, 0) is 19.5 Å². The van der Waals surface area contributed by atoms with Gasteiger partial charge in [0.2, 0.25) is 5.95 Å². The smallest absolute Gasteiger partial charge is 0.269 e. The Balaban J connectivity index is 1.79. The molecule has 2 N–H and O–H groups in total. The minimum Gasteiger partial charge on any atom is -0.368 e. The van der Waals surface area contributed by atoms with Crippen LogP contribution in [0.1, 0.15) is 16.8 Å². The quantitative estimate of drug-likeness (QED) is 0.684. The summed E-state index contributed by atoms with van der Waals surface area (Å²) in [5.41, 5.74) is 7.62. The van der Waals surface area contributed by atoms with Crippen LogP contribution < -0.4 is 5.73 Å². The number of nitrogen functional groups attached to an aromatic ring is 1. The molecule has 0 atom stereocenters. The molecule has 0 amide bonds. The van der Waals surface area contributed by atoms with E-state index in [9.17, 15) is 14.5 Å². The topological polar surface area (TPSA) is 98.2 Å². The number of fused-ring (bicyclic) bond motifs is 1. The Morgan fingerprint density at radius 2 is 2.27 bits per heavy atom. The standard InChI is InChI=1S/C14H14FN5O2/c15-12-2-1-11(20(21)22)5-9(12)7-19-4-3-13-10(8-19)6-17-14(16)18-13/h1-2,5-6H,3-4,7-8H2,(H2,16,17,18). The van der Waals surface area contributed by atoms with Gasteiger partial charge in [-0.15, -0.1) is 0 Å². The van der Waals surface area contributed by atoms with E-state index in [2.05, 4.69) is 9.97 Å².